The summed E-state index contributed by atoms with van der Waals surface area (Å²) < 4.78 is 0. The van der Waals surface area contributed by atoms with Gasteiger partial charge in [-0.2, -0.15) is 0 Å². The predicted octanol–water partition coefficient (Wildman–Crippen LogP) is -0.622. The number of rotatable bonds is 2. The maximum atomic E-state index is 7.30. The van der Waals surface area contributed by atoms with E-state index in [1.165, 1.54) is 0 Å². The number of piperazine rings is 1. The second-order valence-electron chi connectivity index (χ2n) is 2.67. The second kappa shape index (κ2) is 3.69. The molecule has 0 aromatic heterocycles. The molecule has 4 nitrogen and oxygen atoms in total. The highest BCUT2D eigenvalue weighted by Crippen LogP contribution is 2.03. The van der Waals surface area contributed by atoms with E-state index in [2.05, 4.69) is 10.2 Å². The van der Waals surface area contributed by atoms with Crippen LogP contribution in [0, 0.1) is 12.0 Å². The van der Waals surface area contributed by atoms with Crippen molar-refractivity contribution in [2.45, 2.75) is 13.0 Å². The zero-order valence-electron chi connectivity index (χ0n) is 6.80. The average Bonchev–Trinajstić information content (AvgIpc) is 2.04. The van der Waals surface area contributed by atoms with Gasteiger partial charge in [-0.25, -0.2) is 0 Å². The first-order chi connectivity index (χ1) is 5.25. The lowest BCUT2D eigenvalue weighted by atomic mass is 10.2. The lowest BCUT2D eigenvalue weighted by Crippen LogP contribution is -2.55. The lowest BCUT2D eigenvalue weighted by Gasteiger charge is -2.33. The van der Waals surface area contributed by atoms with E-state index in [-0.39, 0.29) is 11.9 Å². The number of amidine groups is 1. The normalized spacial score (nSPS) is 26.8. The molecule has 1 unspecified atom stereocenters. The summed E-state index contributed by atoms with van der Waals surface area (Å²) in [7, 11) is 0. The molecule has 1 fully saturated rings. The van der Waals surface area contributed by atoms with Crippen LogP contribution in [0.4, 0.5) is 0 Å². The van der Waals surface area contributed by atoms with E-state index in [0.29, 0.717) is 0 Å². The van der Waals surface area contributed by atoms with E-state index < -0.39 is 0 Å². The van der Waals surface area contributed by atoms with Crippen molar-refractivity contribution in [2.24, 2.45) is 5.73 Å². The number of hydrogen-bond donors (Lipinski definition) is 3. The van der Waals surface area contributed by atoms with E-state index in [4.69, 9.17) is 11.1 Å². The third kappa shape index (κ3) is 1.91. The van der Waals surface area contributed by atoms with Crippen molar-refractivity contribution in [1.82, 2.24) is 10.2 Å². The number of nitrogens with two attached hydrogens (primary N) is 1. The van der Waals surface area contributed by atoms with Crippen molar-refractivity contribution in [3.8, 4) is 0 Å². The average molecular weight is 155 g/mol. The quantitative estimate of drug-likeness (QED) is 0.368. The highest BCUT2D eigenvalue weighted by molar-refractivity contribution is 5.83. The molecule has 1 saturated heterocycles. The van der Waals surface area contributed by atoms with Gasteiger partial charge < -0.3 is 11.1 Å². The van der Waals surface area contributed by atoms with Crippen molar-refractivity contribution in [2.75, 3.05) is 19.6 Å². The molecule has 0 spiro atoms. The highest BCUT2D eigenvalue weighted by Gasteiger charge is 2.22. The summed E-state index contributed by atoms with van der Waals surface area (Å²) >= 11 is 0. The van der Waals surface area contributed by atoms with Gasteiger partial charge in [0.25, 0.3) is 0 Å². The van der Waals surface area contributed by atoms with Gasteiger partial charge in [0, 0.05) is 26.2 Å². The van der Waals surface area contributed by atoms with Crippen molar-refractivity contribution in [3.63, 3.8) is 0 Å². The summed E-state index contributed by atoms with van der Waals surface area (Å²) in [4.78, 5) is 2.10. The molecule has 0 bridgehead atoms. The Morgan fingerprint density at radius 2 is 2.55 bits per heavy atom. The molecule has 0 aliphatic carbocycles. The number of nitrogens with zero attached hydrogens (tertiary/aromatic N) is 1. The molecule has 4 heteroatoms. The van der Waals surface area contributed by atoms with E-state index in [9.17, 15) is 0 Å². The Bertz CT molecular complexity index is 145. The Morgan fingerprint density at radius 1 is 1.82 bits per heavy atom. The molecule has 1 rings (SSSR count). The van der Waals surface area contributed by atoms with E-state index in [0.717, 1.165) is 19.6 Å². The summed E-state index contributed by atoms with van der Waals surface area (Å²) in [6, 6.07) is 0.0637. The van der Waals surface area contributed by atoms with Crippen LogP contribution in [0.1, 0.15) is 6.92 Å². The largest absolute Gasteiger partial charge is 0.386 e. The Hall–Kier alpha value is -0.610. The van der Waals surface area contributed by atoms with Gasteiger partial charge in [0.05, 0.1) is 6.04 Å². The van der Waals surface area contributed by atoms with Crippen LogP contribution >= 0.6 is 0 Å². The fourth-order valence-corrected chi connectivity index (χ4v) is 1.32. The Kier molecular flexibility index (Phi) is 2.84. The zero-order chi connectivity index (χ0) is 8.27. The molecule has 0 amide bonds. The fraction of sp³-hybridized carbons (Fsp3) is 0.714. The topological polar surface area (TPSA) is 65.1 Å². The predicted molar refractivity (Wildman–Crippen MR) is 45.3 cm³/mol. The van der Waals surface area contributed by atoms with Crippen molar-refractivity contribution in [3.05, 3.63) is 6.54 Å². The van der Waals surface area contributed by atoms with Gasteiger partial charge in [-0.3, -0.25) is 10.3 Å². The first-order valence-electron chi connectivity index (χ1n) is 3.85. The van der Waals surface area contributed by atoms with Crippen molar-refractivity contribution in [1.29, 1.82) is 5.41 Å². The summed E-state index contributed by atoms with van der Waals surface area (Å²) in [5.41, 5.74) is 5.41. The highest BCUT2D eigenvalue weighted by atomic mass is 15.2. The van der Waals surface area contributed by atoms with Crippen LogP contribution in [0.3, 0.4) is 0 Å². The summed E-state index contributed by atoms with van der Waals surface area (Å²) in [5, 5.41) is 10.5. The third-order valence-corrected chi connectivity index (χ3v) is 1.98. The molecule has 0 aromatic rings. The standard InChI is InChI=1S/C7H15N4/c1-2-11-4-3-10-5-6(11)7(8)9/h2,6,10H,3-5H2,1H3,(H3,8,9). The zero-order valence-corrected chi connectivity index (χ0v) is 6.80. The fourth-order valence-electron chi connectivity index (χ4n) is 1.32. The maximum absolute atomic E-state index is 7.30. The first kappa shape index (κ1) is 8.49. The molecule has 0 aromatic carbocycles. The molecular formula is C7H15N4. The van der Waals surface area contributed by atoms with Crippen molar-refractivity contribution >= 4 is 5.84 Å². The molecule has 1 aliphatic rings. The third-order valence-electron chi connectivity index (χ3n) is 1.98. The van der Waals surface area contributed by atoms with Gasteiger partial charge in [0.2, 0.25) is 0 Å². The van der Waals surface area contributed by atoms with Crippen LogP contribution in [-0.4, -0.2) is 36.4 Å². The summed E-state index contributed by atoms with van der Waals surface area (Å²) in [6.45, 7) is 6.68. The summed E-state index contributed by atoms with van der Waals surface area (Å²) in [5.74, 6) is 0.246. The summed E-state index contributed by atoms with van der Waals surface area (Å²) in [6.07, 6.45) is 0. The second-order valence-corrected chi connectivity index (χ2v) is 2.67. The monoisotopic (exact) mass is 155 g/mol. The molecular weight excluding hydrogens is 140 g/mol. The smallest absolute Gasteiger partial charge is 0.110 e. The first-order valence-corrected chi connectivity index (χ1v) is 3.85. The van der Waals surface area contributed by atoms with Crippen molar-refractivity contribution < 1.29 is 0 Å². The minimum Gasteiger partial charge on any atom is -0.386 e. The van der Waals surface area contributed by atoms with Crippen LogP contribution < -0.4 is 11.1 Å². The van der Waals surface area contributed by atoms with Gasteiger partial charge >= 0.3 is 0 Å². The molecule has 4 N–H and O–H groups in total. The van der Waals surface area contributed by atoms with E-state index >= 15 is 0 Å². The number of nitrogens with one attached hydrogen (secondary N) is 2. The minimum absolute atomic E-state index is 0.0637. The van der Waals surface area contributed by atoms with Crippen LogP contribution in [0.15, 0.2) is 0 Å². The van der Waals surface area contributed by atoms with E-state index in [1.54, 1.807) is 0 Å². The van der Waals surface area contributed by atoms with E-state index in [1.807, 2.05) is 13.5 Å². The van der Waals surface area contributed by atoms with Crippen LogP contribution in [-0.2, 0) is 0 Å². The lowest BCUT2D eigenvalue weighted by molar-refractivity contribution is 0.251. The Labute approximate surface area is 67.3 Å². The van der Waals surface area contributed by atoms with Gasteiger partial charge in [0.15, 0.2) is 0 Å². The number of hydrogen-bond acceptors (Lipinski definition) is 3. The van der Waals surface area contributed by atoms with Gasteiger partial charge in [-0.15, -0.1) is 0 Å². The minimum atomic E-state index is 0.0637. The molecule has 0 saturated carbocycles. The van der Waals surface area contributed by atoms with Crippen LogP contribution in [0.2, 0.25) is 0 Å². The van der Waals surface area contributed by atoms with Gasteiger partial charge in [-0.05, 0) is 6.92 Å². The van der Waals surface area contributed by atoms with Crippen LogP contribution in [0.5, 0.6) is 0 Å². The van der Waals surface area contributed by atoms with Gasteiger partial charge in [-0.1, -0.05) is 0 Å². The molecule has 63 valence electrons. The molecule has 1 atom stereocenters. The Morgan fingerprint density at radius 3 is 3.00 bits per heavy atom. The van der Waals surface area contributed by atoms with Crippen LogP contribution in [0.25, 0.3) is 0 Å². The SMILES string of the molecule is C[CH]N1CCNCC1C(=N)N. The molecule has 1 radical (unpaired) electrons. The van der Waals surface area contributed by atoms with Gasteiger partial charge in [0.1, 0.15) is 5.84 Å². The maximum Gasteiger partial charge on any atom is 0.110 e. The Balaban J connectivity index is 2.51. The molecule has 11 heavy (non-hydrogen) atoms. The molecule has 1 heterocycles. The molecule has 1 aliphatic heterocycles.